The summed E-state index contributed by atoms with van der Waals surface area (Å²) < 4.78 is 37.9. The number of likely N-dealkylation sites (tertiary alicyclic amines) is 1. The molecule has 0 radical (unpaired) electrons. The predicted molar refractivity (Wildman–Crippen MR) is 84.5 cm³/mol. The Kier molecular flexibility index (Phi) is 6.05. The number of rotatable bonds is 4. The van der Waals surface area contributed by atoms with Crippen LogP contribution in [0.5, 0.6) is 0 Å². The Balaban J connectivity index is 1.92. The first-order valence-corrected chi connectivity index (χ1v) is 8.09. The quantitative estimate of drug-likeness (QED) is 0.865. The number of hydrogen-bond acceptors (Lipinski definition) is 3. The van der Waals surface area contributed by atoms with Crippen LogP contribution < -0.4 is 5.32 Å². The SMILES string of the molecule is Cc1cc(C(F)(F)F)ccc1CNC(=O)CN1CCCCC(O)C1=O. The first-order chi connectivity index (χ1) is 11.7. The minimum Gasteiger partial charge on any atom is -0.383 e. The van der Waals surface area contributed by atoms with Crippen LogP contribution in [-0.4, -0.2) is 41.0 Å². The number of nitrogens with one attached hydrogen (secondary N) is 1. The standard InChI is InChI=1S/C17H21F3N2O3/c1-11-8-13(17(18,19)20)6-5-12(11)9-21-15(24)10-22-7-3-2-4-14(23)16(22)25/h5-6,8,14,23H,2-4,7,9-10H2,1H3,(H,21,24). The third kappa shape index (κ3) is 5.19. The average molecular weight is 358 g/mol. The molecule has 1 aromatic carbocycles. The highest BCUT2D eigenvalue weighted by atomic mass is 19.4. The molecule has 2 rings (SSSR count). The highest BCUT2D eigenvalue weighted by Crippen LogP contribution is 2.30. The first-order valence-electron chi connectivity index (χ1n) is 8.09. The number of aryl methyl sites for hydroxylation is 1. The Bertz CT molecular complexity index is 647. The lowest BCUT2D eigenvalue weighted by atomic mass is 10.0. The molecule has 0 saturated carbocycles. The number of carbonyl (C=O) groups is 2. The van der Waals surface area contributed by atoms with E-state index in [1.807, 2.05) is 0 Å². The van der Waals surface area contributed by atoms with E-state index in [1.165, 1.54) is 11.0 Å². The van der Waals surface area contributed by atoms with Gasteiger partial charge >= 0.3 is 6.18 Å². The maximum absolute atomic E-state index is 12.6. The van der Waals surface area contributed by atoms with Crippen molar-refractivity contribution in [2.75, 3.05) is 13.1 Å². The van der Waals surface area contributed by atoms with Gasteiger partial charge in [-0.1, -0.05) is 6.07 Å². The third-order valence-corrected chi connectivity index (χ3v) is 4.23. The van der Waals surface area contributed by atoms with Gasteiger partial charge in [-0.25, -0.2) is 0 Å². The molecule has 1 aliphatic heterocycles. The number of carbonyl (C=O) groups excluding carboxylic acids is 2. The van der Waals surface area contributed by atoms with E-state index in [4.69, 9.17) is 0 Å². The predicted octanol–water partition coefficient (Wildman–Crippen LogP) is 2.00. The highest BCUT2D eigenvalue weighted by molar-refractivity contribution is 5.87. The van der Waals surface area contributed by atoms with Crippen LogP contribution in [0.2, 0.25) is 0 Å². The van der Waals surface area contributed by atoms with Crippen LogP contribution in [-0.2, 0) is 22.3 Å². The zero-order valence-electron chi connectivity index (χ0n) is 13.9. The molecule has 5 nitrogen and oxygen atoms in total. The molecule has 2 amide bonds. The smallest absolute Gasteiger partial charge is 0.383 e. The molecule has 2 N–H and O–H groups in total. The molecule has 8 heteroatoms. The molecule has 1 fully saturated rings. The lowest BCUT2D eigenvalue weighted by Crippen LogP contribution is -2.44. The van der Waals surface area contributed by atoms with E-state index in [1.54, 1.807) is 6.92 Å². The van der Waals surface area contributed by atoms with E-state index in [0.717, 1.165) is 18.6 Å². The van der Waals surface area contributed by atoms with Gasteiger partial charge in [0.2, 0.25) is 5.91 Å². The molecular weight excluding hydrogens is 337 g/mol. The average Bonchev–Trinajstić information content (AvgIpc) is 2.68. The Morgan fingerprint density at radius 3 is 2.72 bits per heavy atom. The number of halogens is 3. The summed E-state index contributed by atoms with van der Waals surface area (Å²) in [6.45, 7) is 1.86. The topological polar surface area (TPSA) is 69.6 Å². The second-order valence-electron chi connectivity index (χ2n) is 6.19. The lowest BCUT2D eigenvalue weighted by Gasteiger charge is -2.21. The van der Waals surface area contributed by atoms with Crippen LogP contribution >= 0.6 is 0 Å². The van der Waals surface area contributed by atoms with E-state index in [9.17, 15) is 27.9 Å². The van der Waals surface area contributed by atoms with Gasteiger partial charge in [0.1, 0.15) is 6.10 Å². The van der Waals surface area contributed by atoms with Crippen LogP contribution in [0.1, 0.15) is 36.0 Å². The van der Waals surface area contributed by atoms with Gasteiger partial charge in [0, 0.05) is 13.1 Å². The molecular formula is C17H21F3N2O3. The van der Waals surface area contributed by atoms with Crippen molar-refractivity contribution >= 4 is 11.8 Å². The molecule has 0 aliphatic carbocycles. The lowest BCUT2D eigenvalue weighted by molar-refractivity contribution is -0.142. The monoisotopic (exact) mass is 358 g/mol. The maximum atomic E-state index is 12.6. The molecule has 0 aromatic heterocycles. The molecule has 1 unspecified atom stereocenters. The minimum atomic E-state index is -4.40. The van der Waals surface area contributed by atoms with E-state index in [0.29, 0.717) is 30.5 Å². The summed E-state index contributed by atoms with van der Waals surface area (Å²) >= 11 is 0. The van der Waals surface area contributed by atoms with Gasteiger partial charge < -0.3 is 15.3 Å². The minimum absolute atomic E-state index is 0.0768. The van der Waals surface area contributed by atoms with Crippen molar-refractivity contribution in [3.63, 3.8) is 0 Å². The number of amides is 2. The highest BCUT2D eigenvalue weighted by Gasteiger charge is 2.30. The summed E-state index contributed by atoms with van der Waals surface area (Å²) in [5.41, 5.74) is 0.268. The van der Waals surface area contributed by atoms with E-state index >= 15 is 0 Å². The maximum Gasteiger partial charge on any atom is 0.416 e. The van der Waals surface area contributed by atoms with Crippen molar-refractivity contribution < 1.29 is 27.9 Å². The third-order valence-electron chi connectivity index (χ3n) is 4.23. The second-order valence-corrected chi connectivity index (χ2v) is 6.19. The van der Waals surface area contributed by atoms with Gasteiger partial charge in [0.05, 0.1) is 12.1 Å². The van der Waals surface area contributed by atoms with Crippen molar-refractivity contribution in [3.8, 4) is 0 Å². The van der Waals surface area contributed by atoms with Gasteiger partial charge in [0.25, 0.3) is 5.91 Å². The zero-order valence-corrected chi connectivity index (χ0v) is 13.9. The summed E-state index contributed by atoms with van der Waals surface area (Å²) in [6.07, 6.45) is -3.65. The summed E-state index contributed by atoms with van der Waals surface area (Å²) in [4.78, 5) is 25.3. The van der Waals surface area contributed by atoms with Crippen LogP contribution in [0.25, 0.3) is 0 Å². The van der Waals surface area contributed by atoms with Gasteiger partial charge in [-0.05, 0) is 49.4 Å². The van der Waals surface area contributed by atoms with Gasteiger partial charge in [-0.2, -0.15) is 13.2 Å². The molecule has 1 aromatic rings. The fourth-order valence-corrected chi connectivity index (χ4v) is 2.74. The second kappa shape index (κ2) is 7.86. The Morgan fingerprint density at radius 1 is 1.36 bits per heavy atom. The van der Waals surface area contributed by atoms with Gasteiger partial charge in [-0.15, -0.1) is 0 Å². The van der Waals surface area contributed by atoms with Crippen LogP contribution in [0, 0.1) is 6.92 Å². The molecule has 25 heavy (non-hydrogen) atoms. The van der Waals surface area contributed by atoms with E-state index in [-0.39, 0.29) is 13.1 Å². The van der Waals surface area contributed by atoms with Crippen LogP contribution in [0.3, 0.4) is 0 Å². The van der Waals surface area contributed by atoms with Crippen molar-refractivity contribution in [2.45, 2.75) is 45.0 Å². The fraction of sp³-hybridized carbons (Fsp3) is 0.529. The van der Waals surface area contributed by atoms with E-state index in [2.05, 4.69) is 5.32 Å². The number of nitrogens with zero attached hydrogens (tertiary/aromatic N) is 1. The van der Waals surface area contributed by atoms with Crippen molar-refractivity contribution in [3.05, 3.63) is 34.9 Å². The zero-order chi connectivity index (χ0) is 18.6. The summed E-state index contributed by atoms with van der Waals surface area (Å²) in [5.74, 6) is -0.875. The largest absolute Gasteiger partial charge is 0.416 e. The van der Waals surface area contributed by atoms with Crippen molar-refractivity contribution in [1.29, 1.82) is 0 Å². The van der Waals surface area contributed by atoms with Crippen LogP contribution in [0.4, 0.5) is 13.2 Å². The molecule has 1 atom stereocenters. The van der Waals surface area contributed by atoms with Gasteiger partial charge in [0.15, 0.2) is 0 Å². The Hall–Kier alpha value is -2.09. The molecule has 1 heterocycles. The number of alkyl halides is 3. The number of aliphatic hydroxyl groups excluding tert-OH is 1. The summed E-state index contributed by atoms with van der Waals surface area (Å²) in [6, 6.07) is 3.35. The van der Waals surface area contributed by atoms with Crippen molar-refractivity contribution in [1.82, 2.24) is 10.2 Å². The molecule has 0 spiro atoms. The molecule has 138 valence electrons. The Morgan fingerprint density at radius 2 is 2.08 bits per heavy atom. The van der Waals surface area contributed by atoms with E-state index < -0.39 is 29.7 Å². The van der Waals surface area contributed by atoms with Crippen LogP contribution in [0.15, 0.2) is 18.2 Å². The number of benzene rings is 1. The first kappa shape index (κ1) is 19.2. The summed E-state index contributed by atoms with van der Waals surface area (Å²) in [7, 11) is 0. The van der Waals surface area contributed by atoms with Gasteiger partial charge in [-0.3, -0.25) is 9.59 Å². The number of aliphatic hydroxyl groups is 1. The number of hydrogen-bond donors (Lipinski definition) is 2. The van der Waals surface area contributed by atoms with Crippen molar-refractivity contribution in [2.24, 2.45) is 0 Å². The normalized spacial score (nSPS) is 18.8. The Labute approximate surface area is 143 Å². The fourth-order valence-electron chi connectivity index (χ4n) is 2.74. The molecule has 0 bridgehead atoms. The molecule has 1 saturated heterocycles. The molecule has 1 aliphatic rings. The summed E-state index contributed by atoms with van der Waals surface area (Å²) in [5, 5.41) is 12.3.